The summed E-state index contributed by atoms with van der Waals surface area (Å²) in [6, 6.07) is 5.75. The number of nitrogens with zero attached hydrogens (tertiary/aromatic N) is 4. The highest BCUT2D eigenvalue weighted by molar-refractivity contribution is 5.79. The molecule has 1 amide bonds. The van der Waals surface area contributed by atoms with Crippen molar-refractivity contribution in [2.24, 2.45) is 5.92 Å². The van der Waals surface area contributed by atoms with Gasteiger partial charge in [0, 0.05) is 38.3 Å². The molecule has 2 fully saturated rings. The second kappa shape index (κ2) is 7.18. The summed E-state index contributed by atoms with van der Waals surface area (Å²) in [5.74, 6) is 1.25. The summed E-state index contributed by atoms with van der Waals surface area (Å²) < 4.78 is 5.71. The zero-order valence-electron chi connectivity index (χ0n) is 14.3. The van der Waals surface area contributed by atoms with Gasteiger partial charge in [-0.2, -0.15) is 5.26 Å². The van der Waals surface area contributed by atoms with Crippen LogP contribution in [0.1, 0.15) is 32.3 Å². The lowest BCUT2D eigenvalue weighted by atomic mass is 9.94. The molecule has 3 rings (SSSR count). The van der Waals surface area contributed by atoms with Crippen LogP contribution in [0.15, 0.2) is 18.3 Å². The van der Waals surface area contributed by atoms with E-state index in [2.05, 4.69) is 16.0 Å². The third kappa shape index (κ3) is 3.68. The molecule has 6 nitrogen and oxygen atoms in total. The number of aromatic nitrogens is 1. The topological polar surface area (TPSA) is 69.5 Å². The summed E-state index contributed by atoms with van der Waals surface area (Å²) in [5, 5.41) is 8.84. The first-order valence-electron chi connectivity index (χ1n) is 8.62. The first-order valence-corrected chi connectivity index (χ1v) is 8.62. The van der Waals surface area contributed by atoms with Gasteiger partial charge in [0.25, 0.3) is 0 Å². The summed E-state index contributed by atoms with van der Waals surface area (Å²) in [5.41, 5.74) is 0.569. The summed E-state index contributed by atoms with van der Waals surface area (Å²) >= 11 is 0. The average Bonchev–Trinajstić information content (AvgIpc) is 2.60. The normalized spacial score (nSPS) is 25.4. The minimum atomic E-state index is 0.0946. The third-order valence-electron chi connectivity index (χ3n) is 4.78. The van der Waals surface area contributed by atoms with Gasteiger partial charge >= 0.3 is 0 Å². The van der Waals surface area contributed by atoms with E-state index in [-0.39, 0.29) is 24.0 Å². The molecule has 2 aliphatic rings. The van der Waals surface area contributed by atoms with Crippen LogP contribution in [0.4, 0.5) is 5.82 Å². The van der Waals surface area contributed by atoms with Crippen LogP contribution in [0.2, 0.25) is 0 Å². The Hall–Kier alpha value is -2.13. The van der Waals surface area contributed by atoms with Gasteiger partial charge in [-0.1, -0.05) is 0 Å². The Morgan fingerprint density at radius 2 is 1.92 bits per heavy atom. The van der Waals surface area contributed by atoms with Crippen molar-refractivity contribution in [3.63, 3.8) is 0 Å². The maximum Gasteiger partial charge on any atom is 0.225 e. The number of carbonyl (C=O) groups excluding carboxylic acids is 1. The zero-order valence-corrected chi connectivity index (χ0v) is 14.3. The molecular formula is C18H24N4O2. The Kier molecular flexibility index (Phi) is 5.00. The number of anilines is 1. The van der Waals surface area contributed by atoms with Crippen molar-refractivity contribution in [3.05, 3.63) is 23.9 Å². The van der Waals surface area contributed by atoms with Crippen molar-refractivity contribution < 1.29 is 9.53 Å². The predicted molar refractivity (Wildman–Crippen MR) is 90.5 cm³/mol. The number of nitriles is 1. The molecule has 128 valence electrons. The van der Waals surface area contributed by atoms with E-state index >= 15 is 0 Å². The van der Waals surface area contributed by atoms with E-state index < -0.39 is 0 Å². The van der Waals surface area contributed by atoms with Crippen LogP contribution in [-0.2, 0) is 9.53 Å². The minimum Gasteiger partial charge on any atom is -0.372 e. The van der Waals surface area contributed by atoms with Crippen molar-refractivity contribution >= 4 is 11.7 Å². The van der Waals surface area contributed by atoms with Crippen LogP contribution in [-0.4, -0.2) is 54.2 Å². The molecule has 2 atom stereocenters. The SMILES string of the molecule is C[C@H]1CN(C(=O)C2CCN(c3ccc(C#N)cn3)CC2)C[C@H](C)O1. The van der Waals surface area contributed by atoms with E-state index in [9.17, 15) is 4.79 Å². The highest BCUT2D eigenvalue weighted by Crippen LogP contribution is 2.25. The van der Waals surface area contributed by atoms with Crippen LogP contribution in [0.3, 0.4) is 0 Å². The standard InChI is InChI=1S/C18H24N4O2/c1-13-11-22(12-14(2)24-13)18(23)16-5-7-21(8-6-16)17-4-3-15(9-19)10-20-17/h3-4,10,13-14,16H,5-8,11-12H2,1-2H3/t13-,14-/m0/s1. The van der Waals surface area contributed by atoms with Crippen LogP contribution in [0, 0.1) is 17.2 Å². The molecule has 0 radical (unpaired) electrons. The zero-order chi connectivity index (χ0) is 17.1. The molecule has 1 aromatic rings. The summed E-state index contributed by atoms with van der Waals surface area (Å²) in [6.07, 6.45) is 3.52. The van der Waals surface area contributed by atoms with Crippen LogP contribution in [0.25, 0.3) is 0 Å². The molecule has 0 aliphatic carbocycles. The summed E-state index contributed by atoms with van der Waals surface area (Å²) in [4.78, 5) is 21.3. The molecule has 0 aromatic carbocycles. The van der Waals surface area contributed by atoms with Crippen LogP contribution >= 0.6 is 0 Å². The second-order valence-electron chi connectivity index (χ2n) is 6.78. The number of piperidine rings is 1. The number of amides is 1. The van der Waals surface area contributed by atoms with Gasteiger partial charge in [-0.05, 0) is 38.8 Å². The van der Waals surface area contributed by atoms with Gasteiger partial charge < -0.3 is 14.5 Å². The molecule has 0 spiro atoms. The highest BCUT2D eigenvalue weighted by atomic mass is 16.5. The first-order chi connectivity index (χ1) is 11.6. The molecule has 2 aliphatic heterocycles. The highest BCUT2D eigenvalue weighted by Gasteiger charge is 2.32. The number of pyridine rings is 1. The fraction of sp³-hybridized carbons (Fsp3) is 0.611. The molecule has 3 heterocycles. The largest absolute Gasteiger partial charge is 0.372 e. The number of hydrogen-bond donors (Lipinski definition) is 0. The molecular weight excluding hydrogens is 304 g/mol. The van der Waals surface area contributed by atoms with E-state index in [1.807, 2.05) is 24.8 Å². The molecule has 24 heavy (non-hydrogen) atoms. The van der Waals surface area contributed by atoms with Gasteiger partial charge in [0.1, 0.15) is 11.9 Å². The maximum atomic E-state index is 12.8. The molecule has 6 heteroatoms. The van der Waals surface area contributed by atoms with Gasteiger partial charge in [-0.25, -0.2) is 4.98 Å². The molecule has 0 N–H and O–H groups in total. The van der Waals surface area contributed by atoms with Crippen molar-refractivity contribution in [3.8, 4) is 6.07 Å². The number of rotatable bonds is 2. The molecule has 2 saturated heterocycles. The monoisotopic (exact) mass is 328 g/mol. The van der Waals surface area contributed by atoms with Crippen LogP contribution < -0.4 is 4.90 Å². The van der Waals surface area contributed by atoms with Gasteiger partial charge in [-0.3, -0.25) is 4.79 Å². The van der Waals surface area contributed by atoms with E-state index in [0.29, 0.717) is 18.7 Å². The Balaban J connectivity index is 1.56. The van der Waals surface area contributed by atoms with Crippen molar-refractivity contribution in [2.45, 2.75) is 38.9 Å². The van der Waals surface area contributed by atoms with E-state index in [4.69, 9.17) is 10.00 Å². The predicted octanol–water partition coefficient (Wildman–Crippen LogP) is 1.81. The summed E-state index contributed by atoms with van der Waals surface area (Å²) in [7, 11) is 0. The Bertz CT molecular complexity index is 607. The fourth-order valence-electron chi connectivity index (χ4n) is 3.61. The number of morpholine rings is 1. The van der Waals surface area contributed by atoms with Crippen molar-refractivity contribution in [2.75, 3.05) is 31.1 Å². The Morgan fingerprint density at radius 1 is 1.25 bits per heavy atom. The maximum absolute atomic E-state index is 12.8. The van der Waals surface area contributed by atoms with E-state index in [1.165, 1.54) is 0 Å². The smallest absolute Gasteiger partial charge is 0.225 e. The van der Waals surface area contributed by atoms with E-state index in [1.54, 1.807) is 12.3 Å². The second-order valence-corrected chi connectivity index (χ2v) is 6.78. The van der Waals surface area contributed by atoms with E-state index in [0.717, 1.165) is 31.7 Å². The number of ether oxygens (including phenoxy) is 1. The lowest BCUT2D eigenvalue weighted by Gasteiger charge is -2.39. The summed E-state index contributed by atoms with van der Waals surface area (Å²) in [6.45, 7) is 7.08. The molecule has 0 bridgehead atoms. The molecule has 0 unspecified atom stereocenters. The quantitative estimate of drug-likeness (QED) is 0.828. The van der Waals surface area contributed by atoms with Crippen molar-refractivity contribution in [1.82, 2.24) is 9.88 Å². The first kappa shape index (κ1) is 16.7. The van der Waals surface area contributed by atoms with Gasteiger partial charge in [0.05, 0.1) is 17.8 Å². The molecule has 1 aromatic heterocycles. The van der Waals surface area contributed by atoms with Gasteiger partial charge in [-0.15, -0.1) is 0 Å². The lowest BCUT2D eigenvalue weighted by molar-refractivity contribution is -0.148. The number of carbonyl (C=O) groups is 1. The van der Waals surface area contributed by atoms with Gasteiger partial charge in [0.2, 0.25) is 5.91 Å². The van der Waals surface area contributed by atoms with Crippen LogP contribution in [0.5, 0.6) is 0 Å². The average molecular weight is 328 g/mol. The minimum absolute atomic E-state index is 0.0946. The fourth-order valence-corrected chi connectivity index (χ4v) is 3.61. The Morgan fingerprint density at radius 3 is 2.46 bits per heavy atom. The third-order valence-corrected chi connectivity index (χ3v) is 4.78. The van der Waals surface area contributed by atoms with Gasteiger partial charge in [0.15, 0.2) is 0 Å². The van der Waals surface area contributed by atoms with Crippen molar-refractivity contribution in [1.29, 1.82) is 5.26 Å². The molecule has 0 saturated carbocycles. The lowest BCUT2D eigenvalue weighted by Crippen LogP contribution is -2.51. The number of hydrogen-bond acceptors (Lipinski definition) is 5. The Labute approximate surface area is 143 Å².